The molecule has 0 radical (unpaired) electrons. The highest BCUT2D eigenvalue weighted by Crippen LogP contribution is 2.29. The molecule has 0 saturated carbocycles. The van der Waals surface area contributed by atoms with Gasteiger partial charge in [0.2, 0.25) is 0 Å². The van der Waals surface area contributed by atoms with Crippen molar-refractivity contribution in [3.8, 4) is 11.4 Å². The summed E-state index contributed by atoms with van der Waals surface area (Å²) < 4.78 is 15.3. The van der Waals surface area contributed by atoms with Crippen molar-refractivity contribution in [3.63, 3.8) is 0 Å². The van der Waals surface area contributed by atoms with Crippen molar-refractivity contribution in [1.29, 1.82) is 0 Å². The molecule has 136 valence electrons. The first-order valence-corrected chi connectivity index (χ1v) is 9.63. The summed E-state index contributed by atoms with van der Waals surface area (Å²) in [5.74, 6) is 1.12. The van der Waals surface area contributed by atoms with Crippen LogP contribution in [0.5, 0.6) is 0 Å². The number of hydrogen-bond donors (Lipinski definition) is 0. The molecule has 0 bridgehead atoms. The minimum atomic E-state index is -0.330. The van der Waals surface area contributed by atoms with Gasteiger partial charge in [0.25, 0.3) is 0 Å². The number of hydrogen-bond acceptors (Lipinski definition) is 4. The highest BCUT2D eigenvalue weighted by atomic mass is 35.5. The number of benzene rings is 2. The van der Waals surface area contributed by atoms with Gasteiger partial charge < -0.3 is 9.47 Å². The standard InChI is InChI=1S/C19H20ClFN4S/c1-4-25-18(13-6-9-16(10-7-13)24(2)3)22-23-19(25)26-12-14-5-8-15(21)11-17(14)20/h5-11H,4,12H2,1-3H3. The monoisotopic (exact) mass is 390 g/mol. The Morgan fingerprint density at radius 3 is 2.46 bits per heavy atom. The topological polar surface area (TPSA) is 34.0 Å². The van der Waals surface area contributed by atoms with Gasteiger partial charge in [-0.15, -0.1) is 10.2 Å². The Morgan fingerprint density at radius 1 is 1.12 bits per heavy atom. The summed E-state index contributed by atoms with van der Waals surface area (Å²) in [5.41, 5.74) is 3.04. The van der Waals surface area contributed by atoms with Crippen LogP contribution in [0.25, 0.3) is 11.4 Å². The highest BCUT2D eigenvalue weighted by molar-refractivity contribution is 7.98. The van der Waals surface area contributed by atoms with E-state index < -0.39 is 0 Å². The number of rotatable bonds is 6. The third kappa shape index (κ3) is 4.02. The number of anilines is 1. The zero-order chi connectivity index (χ0) is 18.7. The average Bonchev–Trinajstić information content (AvgIpc) is 3.04. The Bertz CT molecular complexity index is 893. The van der Waals surface area contributed by atoms with Crippen molar-refractivity contribution in [2.45, 2.75) is 24.4 Å². The molecule has 3 aromatic rings. The van der Waals surface area contributed by atoms with Crippen LogP contribution in [0.1, 0.15) is 12.5 Å². The lowest BCUT2D eigenvalue weighted by molar-refractivity contribution is 0.627. The molecule has 0 aliphatic heterocycles. The molecule has 26 heavy (non-hydrogen) atoms. The van der Waals surface area contributed by atoms with Crippen LogP contribution in [0.4, 0.5) is 10.1 Å². The lowest BCUT2D eigenvalue weighted by atomic mass is 10.2. The van der Waals surface area contributed by atoms with Crippen molar-refractivity contribution in [2.24, 2.45) is 0 Å². The largest absolute Gasteiger partial charge is 0.378 e. The van der Waals surface area contributed by atoms with Crippen LogP contribution in [0.2, 0.25) is 5.02 Å². The molecule has 0 spiro atoms. The first kappa shape index (κ1) is 18.7. The number of aromatic nitrogens is 3. The maximum absolute atomic E-state index is 13.2. The second-order valence-corrected chi connectivity index (χ2v) is 7.37. The molecule has 0 aliphatic rings. The summed E-state index contributed by atoms with van der Waals surface area (Å²) in [6.45, 7) is 2.83. The third-order valence-corrected chi connectivity index (χ3v) is 5.41. The van der Waals surface area contributed by atoms with Crippen molar-refractivity contribution in [2.75, 3.05) is 19.0 Å². The van der Waals surface area contributed by atoms with Crippen LogP contribution in [-0.2, 0) is 12.3 Å². The summed E-state index contributed by atoms with van der Waals surface area (Å²) in [7, 11) is 4.03. The molecule has 0 atom stereocenters. The first-order chi connectivity index (χ1) is 12.5. The maximum atomic E-state index is 13.2. The molecule has 0 N–H and O–H groups in total. The van der Waals surface area contributed by atoms with Gasteiger partial charge in [-0.3, -0.25) is 0 Å². The van der Waals surface area contributed by atoms with Crippen LogP contribution in [0, 0.1) is 5.82 Å². The number of thioether (sulfide) groups is 1. The van der Waals surface area contributed by atoms with Gasteiger partial charge in [-0.2, -0.15) is 0 Å². The molecular formula is C19H20ClFN4S. The van der Waals surface area contributed by atoms with Crippen LogP contribution in [-0.4, -0.2) is 28.9 Å². The summed E-state index contributed by atoms with van der Waals surface area (Å²) in [6.07, 6.45) is 0. The van der Waals surface area contributed by atoms with E-state index in [1.54, 1.807) is 17.8 Å². The zero-order valence-corrected chi connectivity index (χ0v) is 16.5. The van der Waals surface area contributed by atoms with Gasteiger partial charge in [0.05, 0.1) is 0 Å². The maximum Gasteiger partial charge on any atom is 0.191 e. The molecule has 2 aromatic carbocycles. The summed E-state index contributed by atoms with van der Waals surface area (Å²) in [4.78, 5) is 2.06. The van der Waals surface area contributed by atoms with Crippen molar-refractivity contribution < 1.29 is 4.39 Å². The van der Waals surface area contributed by atoms with Crippen LogP contribution >= 0.6 is 23.4 Å². The molecule has 1 heterocycles. The molecule has 0 saturated heterocycles. The summed E-state index contributed by atoms with van der Waals surface area (Å²) in [5, 5.41) is 9.95. The minimum Gasteiger partial charge on any atom is -0.378 e. The first-order valence-electron chi connectivity index (χ1n) is 8.27. The van der Waals surface area contributed by atoms with Crippen LogP contribution in [0.3, 0.4) is 0 Å². The fourth-order valence-electron chi connectivity index (χ4n) is 2.58. The number of halogens is 2. The second-order valence-electron chi connectivity index (χ2n) is 6.02. The van der Waals surface area contributed by atoms with Gasteiger partial charge in [-0.05, 0) is 48.9 Å². The third-order valence-electron chi connectivity index (χ3n) is 4.05. The van der Waals surface area contributed by atoms with E-state index >= 15 is 0 Å². The number of nitrogens with zero attached hydrogens (tertiary/aromatic N) is 4. The Labute approximate surface area is 162 Å². The van der Waals surface area contributed by atoms with Crippen molar-refractivity contribution in [3.05, 3.63) is 58.9 Å². The van der Waals surface area contributed by atoms with E-state index in [4.69, 9.17) is 11.6 Å². The quantitative estimate of drug-likeness (QED) is 0.547. The second kappa shape index (κ2) is 8.10. The average molecular weight is 391 g/mol. The minimum absolute atomic E-state index is 0.330. The molecule has 0 fully saturated rings. The molecule has 7 heteroatoms. The molecular weight excluding hydrogens is 371 g/mol. The highest BCUT2D eigenvalue weighted by Gasteiger charge is 2.14. The normalized spacial score (nSPS) is 11.0. The predicted octanol–water partition coefficient (Wildman–Crippen LogP) is 5.12. The molecule has 3 rings (SSSR count). The van der Waals surface area contributed by atoms with E-state index in [2.05, 4.69) is 50.9 Å². The Kier molecular flexibility index (Phi) is 5.84. The smallest absolute Gasteiger partial charge is 0.191 e. The van der Waals surface area contributed by atoms with Gasteiger partial charge in [-0.1, -0.05) is 29.4 Å². The molecule has 1 aromatic heterocycles. The molecule has 0 unspecified atom stereocenters. The molecule has 0 aliphatic carbocycles. The Balaban J connectivity index is 1.81. The zero-order valence-electron chi connectivity index (χ0n) is 14.9. The van der Waals surface area contributed by atoms with E-state index in [-0.39, 0.29) is 5.82 Å². The predicted molar refractivity (Wildman–Crippen MR) is 106 cm³/mol. The Hall–Kier alpha value is -2.05. The lowest BCUT2D eigenvalue weighted by Gasteiger charge is -2.13. The Morgan fingerprint density at radius 2 is 1.85 bits per heavy atom. The van der Waals surface area contributed by atoms with E-state index in [9.17, 15) is 4.39 Å². The van der Waals surface area contributed by atoms with E-state index in [1.165, 1.54) is 12.1 Å². The SMILES string of the molecule is CCn1c(SCc2ccc(F)cc2Cl)nnc1-c1ccc(N(C)C)cc1. The van der Waals surface area contributed by atoms with Crippen LogP contribution in [0.15, 0.2) is 47.6 Å². The molecule has 0 amide bonds. The fraction of sp³-hybridized carbons (Fsp3) is 0.263. The van der Waals surface area contributed by atoms with E-state index in [1.807, 2.05) is 14.1 Å². The van der Waals surface area contributed by atoms with Gasteiger partial charge in [-0.25, -0.2) is 4.39 Å². The lowest BCUT2D eigenvalue weighted by Crippen LogP contribution is -2.08. The van der Waals surface area contributed by atoms with Gasteiger partial charge in [0.15, 0.2) is 11.0 Å². The van der Waals surface area contributed by atoms with E-state index in [0.29, 0.717) is 10.8 Å². The summed E-state index contributed by atoms with van der Waals surface area (Å²) in [6, 6.07) is 12.7. The van der Waals surface area contributed by atoms with Crippen molar-refractivity contribution >= 4 is 29.1 Å². The summed E-state index contributed by atoms with van der Waals surface area (Å²) >= 11 is 7.65. The van der Waals surface area contributed by atoms with Gasteiger partial charge in [0, 0.05) is 42.7 Å². The van der Waals surface area contributed by atoms with Crippen molar-refractivity contribution in [1.82, 2.24) is 14.8 Å². The van der Waals surface area contributed by atoms with Crippen LogP contribution < -0.4 is 4.90 Å². The van der Waals surface area contributed by atoms with E-state index in [0.717, 1.165) is 34.3 Å². The van der Waals surface area contributed by atoms with Gasteiger partial charge in [0.1, 0.15) is 5.82 Å². The fourth-order valence-corrected chi connectivity index (χ4v) is 3.90. The molecule has 4 nitrogen and oxygen atoms in total. The van der Waals surface area contributed by atoms with Gasteiger partial charge >= 0.3 is 0 Å².